The van der Waals surface area contributed by atoms with Gasteiger partial charge in [0, 0.05) is 18.0 Å². The highest BCUT2D eigenvalue weighted by Crippen LogP contribution is 2.17. The summed E-state index contributed by atoms with van der Waals surface area (Å²) in [5.41, 5.74) is 2.95. The van der Waals surface area contributed by atoms with Gasteiger partial charge >= 0.3 is 0 Å². The first-order chi connectivity index (χ1) is 14.1. The molecule has 150 valence electrons. The van der Waals surface area contributed by atoms with Gasteiger partial charge in [-0.25, -0.2) is 4.98 Å². The van der Waals surface area contributed by atoms with Gasteiger partial charge in [-0.15, -0.1) is 11.3 Å². The zero-order valence-corrected chi connectivity index (χ0v) is 17.1. The minimum absolute atomic E-state index is 0.125. The Bertz CT molecular complexity index is 964. The lowest BCUT2D eigenvalue weighted by atomic mass is 10.1. The number of rotatable bonds is 9. The smallest absolute Gasteiger partial charge is 0.243 e. The lowest BCUT2D eigenvalue weighted by molar-refractivity contribution is -0.116. The second-order valence-corrected chi connectivity index (χ2v) is 7.68. The molecule has 2 aromatic carbocycles. The molecule has 0 aliphatic rings. The van der Waals surface area contributed by atoms with Gasteiger partial charge in [-0.2, -0.15) is 0 Å². The lowest BCUT2D eigenvalue weighted by Crippen LogP contribution is -2.22. The van der Waals surface area contributed by atoms with Gasteiger partial charge in [0.1, 0.15) is 18.1 Å². The Morgan fingerprint density at radius 2 is 2.07 bits per heavy atom. The van der Waals surface area contributed by atoms with E-state index in [1.165, 1.54) is 6.08 Å². The first-order valence-corrected chi connectivity index (χ1v) is 10.3. The summed E-state index contributed by atoms with van der Waals surface area (Å²) in [5.74, 6) is 0.881. The maximum Gasteiger partial charge on any atom is 0.243 e. The second-order valence-electron chi connectivity index (χ2n) is 6.61. The van der Waals surface area contributed by atoms with Crippen molar-refractivity contribution in [3.63, 3.8) is 0 Å². The van der Waals surface area contributed by atoms with Gasteiger partial charge in [-0.1, -0.05) is 24.3 Å². The highest BCUT2D eigenvalue weighted by atomic mass is 32.1. The summed E-state index contributed by atoms with van der Waals surface area (Å²) in [6.07, 6.45) is 4.99. The largest absolute Gasteiger partial charge is 0.508 e. The molecule has 0 radical (unpaired) electrons. The minimum atomic E-state index is -0.125. The summed E-state index contributed by atoms with van der Waals surface area (Å²) in [6, 6.07) is 14.7. The third-order valence-electron chi connectivity index (χ3n) is 4.22. The number of thiazole rings is 1. The first kappa shape index (κ1) is 20.6. The molecule has 0 fully saturated rings. The van der Waals surface area contributed by atoms with Crippen molar-refractivity contribution in [2.24, 2.45) is 0 Å². The van der Waals surface area contributed by atoms with Crippen LogP contribution in [0.3, 0.4) is 0 Å². The molecule has 1 heterocycles. The fourth-order valence-corrected chi connectivity index (χ4v) is 3.33. The van der Waals surface area contributed by atoms with E-state index in [4.69, 9.17) is 4.74 Å². The molecule has 0 saturated carbocycles. The zero-order valence-electron chi connectivity index (χ0n) is 16.3. The number of ether oxygens (including phenoxy) is 1. The van der Waals surface area contributed by atoms with Gasteiger partial charge < -0.3 is 15.2 Å². The van der Waals surface area contributed by atoms with Gasteiger partial charge in [0.15, 0.2) is 0 Å². The molecule has 1 aromatic heterocycles. The molecule has 0 atom stereocenters. The van der Waals surface area contributed by atoms with E-state index in [9.17, 15) is 9.90 Å². The van der Waals surface area contributed by atoms with Crippen molar-refractivity contribution in [2.45, 2.75) is 26.4 Å². The number of nitrogens with one attached hydrogen (secondary N) is 1. The Balaban J connectivity index is 1.41. The molecular formula is C23H24N2O3S. The predicted molar refractivity (Wildman–Crippen MR) is 116 cm³/mol. The van der Waals surface area contributed by atoms with Crippen LogP contribution >= 0.6 is 11.3 Å². The van der Waals surface area contributed by atoms with E-state index in [-0.39, 0.29) is 11.7 Å². The van der Waals surface area contributed by atoms with Crippen molar-refractivity contribution in [3.05, 3.63) is 81.8 Å². The van der Waals surface area contributed by atoms with Crippen LogP contribution in [-0.4, -0.2) is 22.5 Å². The number of aryl methyl sites for hydroxylation is 2. The highest BCUT2D eigenvalue weighted by molar-refractivity contribution is 7.09. The summed E-state index contributed by atoms with van der Waals surface area (Å²) >= 11 is 1.60. The summed E-state index contributed by atoms with van der Waals surface area (Å²) < 4.78 is 5.78. The lowest BCUT2D eigenvalue weighted by Gasteiger charge is -2.05. The van der Waals surface area contributed by atoms with E-state index in [1.54, 1.807) is 29.5 Å². The van der Waals surface area contributed by atoms with Crippen molar-refractivity contribution < 1.29 is 14.6 Å². The molecule has 0 bridgehead atoms. The number of hydrogen-bond acceptors (Lipinski definition) is 5. The van der Waals surface area contributed by atoms with Crippen molar-refractivity contribution in [1.82, 2.24) is 10.3 Å². The molecule has 3 rings (SSSR count). The molecule has 0 unspecified atom stereocenters. The fraction of sp³-hybridized carbons (Fsp3) is 0.217. The maximum atomic E-state index is 12.0. The normalized spacial score (nSPS) is 10.9. The van der Waals surface area contributed by atoms with Crippen LogP contribution in [0.15, 0.2) is 60.0 Å². The highest BCUT2D eigenvalue weighted by Gasteiger charge is 2.01. The number of carbonyl (C=O) groups is 1. The maximum absolute atomic E-state index is 12.0. The average Bonchev–Trinajstić information content (AvgIpc) is 3.15. The molecule has 5 nitrogen and oxygen atoms in total. The number of benzene rings is 2. The Morgan fingerprint density at radius 3 is 2.83 bits per heavy atom. The molecular weight excluding hydrogens is 384 g/mol. The molecule has 6 heteroatoms. The monoisotopic (exact) mass is 408 g/mol. The van der Waals surface area contributed by atoms with E-state index >= 15 is 0 Å². The third kappa shape index (κ3) is 7.08. The Labute approximate surface area is 174 Å². The van der Waals surface area contributed by atoms with Crippen molar-refractivity contribution >= 4 is 23.3 Å². The van der Waals surface area contributed by atoms with E-state index in [1.807, 2.05) is 48.7 Å². The Kier molecular flexibility index (Phi) is 7.41. The van der Waals surface area contributed by atoms with Crippen LogP contribution in [0.5, 0.6) is 11.5 Å². The molecule has 2 N–H and O–H groups in total. The number of aromatic hydroxyl groups is 1. The van der Waals surface area contributed by atoms with Crippen LogP contribution < -0.4 is 10.1 Å². The molecule has 0 saturated heterocycles. The molecule has 1 amide bonds. The van der Waals surface area contributed by atoms with Crippen LogP contribution in [0.2, 0.25) is 0 Å². The van der Waals surface area contributed by atoms with Crippen molar-refractivity contribution in [1.29, 1.82) is 0 Å². The van der Waals surface area contributed by atoms with Gasteiger partial charge in [0.05, 0.1) is 10.7 Å². The summed E-state index contributed by atoms with van der Waals surface area (Å²) in [5, 5.41) is 15.2. The van der Waals surface area contributed by atoms with Crippen molar-refractivity contribution in [3.8, 4) is 11.5 Å². The number of nitrogens with zero attached hydrogens (tertiary/aromatic N) is 1. The first-order valence-electron chi connectivity index (χ1n) is 9.46. The van der Waals surface area contributed by atoms with Gasteiger partial charge in [-0.05, 0) is 61.2 Å². The van der Waals surface area contributed by atoms with Crippen LogP contribution in [0.4, 0.5) is 0 Å². The zero-order chi connectivity index (χ0) is 20.5. The quantitative estimate of drug-likeness (QED) is 0.404. The molecule has 0 aliphatic heterocycles. The van der Waals surface area contributed by atoms with E-state index < -0.39 is 0 Å². The van der Waals surface area contributed by atoms with Gasteiger partial charge in [-0.3, -0.25) is 4.79 Å². The van der Waals surface area contributed by atoms with Crippen LogP contribution in [-0.2, 0) is 17.8 Å². The topological polar surface area (TPSA) is 71.5 Å². The van der Waals surface area contributed by atoms with Gasteiger partial charge in [0.2, 0.25) is 5.91 Å². The number of hydrogen-bond donors (Lipinski definition) is 2. The third-order valence-corrected chi connectivity index (χ3v) is 5.04. The van der Waals surface area contributed by atoms with E-state index in [2.05, 4.69) is 10.3 Å². The van der Waals surface area contributed by atoms with Gasteiger partial charge in [0.25, 0.3) is 0 Å². The second kappa shape index (κ2) is 10.4. The Morgan fingerprint density at radius 1 is 1.24 bits per heavy atom. The summed E-state index contributed by atoms with van der Waals surface area (Å²) in [6.45, 7) is 3.00. The number of amides is 1. The molecule has 29 heavy (non-hydrogen) atoms. The Hall–Kier alpha value is -3.12. The van der Waals surface area contributed by atoms with Crippen molar-refractivity contribution in [2.75, 3.05) is 6.54 Å². The molecule has 0 aliphatic carbocycles. The van der Waals surface area contributed by atoms with Crippen LogP contribution in [0.1, 0.15) is 28.2 Å². The fourth-order valence-electron chi connectivity index (χ4n) is 2.74. The number of aromatic nitrogens is 1. The SMILES string of the molecule is Cc1nc(COc2cccc(/C=C/C(=O)NCCCc3ccc(O)cc3)c2)cs1. The number of phenols is 1. The van der Waals surface area contributed by atoms with E-state index in [0.717, 1.165) is 40.4 Å². The number of phenolic OH excluding ortho intramolecular Hbond substituents is 1. The minimum Gasteiger partial charge on any atom is -0.508 e. The molecule has 3 aromatic rings. The molecule has 0 spiro atoms. The van der Waals surface area contributed by atoms with Crippen LogP contribution in [0, 0.1) is 6.92 Å². The summed E-state index contributed by atoms with van der Waals surface area (Å²) in [7, 11) is 0. The standard InChI is InChI=1S/C23H24N2O3S/c1-17-25-20(16-29-17)15-28-22-6-2-4-19(14-22)9-12-23(27)24-13-3-5-18-7-10-21(26)11-8-18/h2,4,6-12,14,16,26H,3,5,13,15H2,1H3,(H,24,27)/b12-9+. The number of carbonyl (C=O) groups excluding carboxylic acids is 1. The van der Waals surface area contributed by atoms with Crippen LogP contribution in [0.25, 0.3) is 6.08 Å². The summed E-state index contributed by atoms with van der Waals surface area (Å²) in [4.78, 5) is 16.4. The van der Waals surface area contributed by atoms with E-state index in [0.29, 0.717) is 13.2 Å². The predicted octanol–water partition coefficient (Wildman–Crippen LogP) is 4.50. The average molecular weight is 409 g/mol.